The van der Waals surface area contributed by atoms with Crippen LogP contribution in [0.2, 0.25) is 0 Å². The Bertz CT molecular complexity index is 1140. The van der Waals surface area contributed by atoms with Crippen LogP contribution in [0.3, 0.4) is 0 Å². The number of carbonyl (C=O) groups excluding carboxylic acids is 1. The van der Waals surface area contributed by atoms with Gasteiger partial charge in [-0.1, -0.05) is 12.1 Å². The van der Waals surface area contributed by atoms with Crippen LogP contribution in [-0.4, -0.2) is 28.0 Å². The van der Waals surface area contributed by atoms with E-state index < -0.39 is 23.1 Å². The molecule has 0 radical (unpaired) electrons. The van der Waals surface area contributed by atoms with Crippen LogP contribution in [0.25, 0.3) is 11.1 Å². The molecule has 3 aromatic rings. The molecular weight excluding hydrogens is 414 g/mol. The first-order valence-electron chi connectivity index (χ1n) is 10.6. The van der Waals surface area contributed by atoms with Crippen molar-refractivity contribution in [2.24, 2.45) is 0 Å². The summed E-state index contributed by atoms with van der Waals surface area (Å²) in [6.07, 6.45) is 8.40. The summed E-state index contributed by atoms with van der Waals surface area (Å²) < 4.78 is 26.8. The molecule has 1 aliphatic carbocycles. The van der Waals surface area contributed by atoms with Crippen LogP contribution in [0.4, 0.5) is 8.78 Å². The lowest BCUT2D eigenvalue weighted by molar-refractivity contribution is 0.0922. The number of carbonyl (C=O) groups is 1. The molecular formula is C24H24F2N4O2. The van der Waals surface area contributed by atoms with Crippen LogP contribution in [0, 0.1) is 11.6 Å². The Balaban J connectivity index is 1.35. The summed E-state index contributed by atoms with van der Waals surface area (Å²) >= 11 is 0. The first kappa shape index (κ1) is 21.8. The standard InChI is InChI=1S/C24H24F2N4O2/c25-21-8-3-16(11-22(21)26)17-10-20(23(31)29-14-17)24(32)30-19-6-4-18(5-7-19)28-13-15-2-1-9-27-12-15/h1-3,8-12,14,18-19,28H,4-7,13H2,(H,29,31)(H,30,32). The molecule has 0 unspecified atom stereocenters. The van der Waals surface area contributed by atoms with Gasteiger partial charge in [-0.3, -0.25) is 14.6 Å². The van der Waals surface area contributed by atoms with E-state index in [1.54, 1.807) is 6.20 Å². The van der Waals surface area contributed by atoms with Crippen molar-refractivity contribution in [3.8, 4) is 11.1 Å². The number of hydrogen-bond donors (Lipinski definition) is 3. The molecule has 2 heterocycles. The van der Waals surface area contributed by atoms with Gasteiger partial charge in [-0.15, -0.1) is 0 Å². The van der Waals surface area contributed by atoms with Crippen LogP contribution in [0.15, 0.2) is 59.8 Å². The quantitative estimate of drug-likeness (QED) is 0.549. The minimum absolute atomic E-state index is 0.0229. The van der Waals surface area contributed by atoms with Gasteiger partial charge < -0.3 is 15.6 Å². The van der Waals surface area contributed by atoms with Gasteiger partial charge in [0.2, 0.25) is 0 Å². The maximum absolute atomic E-state index is 13.6. The molecule has 1 amide bonds. The van der Waals surface area contributed by atoms with Gasteiger partial charge in [0.25, 0.3) is 11.5 Å². The van der Waals surface area contributed by atoms with Crippen molar-refractivity contribution in [1.29, 1.82) is 0 Å². The second kappa shape index (κ2) is 9.82. The van der Waals surface area contributed by atoms with Crippen molar-refractivity contribution in [1.82, 2.24) is 20.6 Å². The van der Waals surface area contributed by atoms with E-state index in [4.69, 9.17) is 0 Å². The molecule has 6 nitrogen and oxygen atoms in total. The number of aromatic amines is 1. The SMILES string of the molecule is O=C(NC1CCC(NCc2cccnc2)CC1)c1cc(-c2ccc(F)c(F)c2)c[nH]c1=O. The monoisotopic (exact) mass is 438 g/mol. The lowest BCUT2D eigenvalue weighted by atomic mass is 9.91. The summed E-state index contributed by atoms with van der Waals surface area (Å²) in [6.45, 7) is 0.752. The van der Waals surface area contributed by atoms with Crippen LogP contribution in [0.5, 0.6) is 0 Å². The summed E-state index contributed by atoms with van der Waals surface area (Å²) in [6, 6.07) is 9.12. The molecule has 3 N–H and O–H groups in total. The fraction of sp³-hybridized carbons (Fsp3) is 0.292. The molecule has 0 spiro atoms. The maximum Gasteiger partial charge on any atom is 0.260 e. The van der Waals surface area contributed by atoms with Gasteiger partial charge >= 0.3 is 0 Å². The molecule has 32 heavy (non-hydrogen) atoms. The molecule has 4 rings (SSSR count). The van der Waals surface area contributed by atoms with Gasteiger partial charge in [-0.2, -0.15) is 0 Å². The highest BCUT2D eigenvalue weighted by molar-refractivity contribution is 5.95. The Morgan fingerprint density at radius 2 is 1.81 bits per heavy atom. The van der Waals surface area contributed by atoms with Gasteiger partial charge in [0, 0.05) is 37.2 Å². The summed E-state index contributed by atoms with van der Waals surface area (Å²) in [7, 11) is 0. The number of nitrogens with zero attached hydrogens (tertiary/aromatic N) is 1. The van der Waals surface area contributed by atoms with Gasteiger partial charge in [-0.05, 0) is 66.6 Å². The molecule has 0 atom stereocenters. The molecule has 0 bridgehead atoms. The summed E-state index contributed by atoms with van der Waals surface area (Å²) in [5, 5.41) is 6.46. The fourth-order valence-corrected chi connectivity index (χ4v) is 3.96. The van der Waals surface area contributed by atoms with Gasteiger partial charge in [0.1, 0.15) is 5.56 Å². The van der Waals surface area contributed by atoms with E-state index in [2.05, 4.69) is 20.6 Å². The normalized spacial score (nSPS) is 18.3. The Kier molecular flexibility index (Phi) is 6.70. The molecule has 1 aliphatic rings. The predicted octanol–water partition coefficient (Wildman–Crippen LogP) is 3.55. The van der Waals surface area contributed by atoms with Crippen molar-refractivity contribution < 1.29 is 13.6 Å². The zero-order valence-electron chi connectivity index (χ0n) is 17.4. The third kappa shape index (κ3) is 5.26. The van der Waals surface area contributed by atoms with Crippen LogP contribution in [-0.2, 0) is 6.54 Å². The molecule has 8 heteroatoms. The Morgan fingerprint density at radius 1 is 1.03 bits per heavy atom. The van der Waals surface area contributed by atoms with Crippen LogP contribution in [0.1, 0.15) is 41.6 Å². The van der Waals surface area contributed by atoms with Gasteiger partial charge in [0.05, 0.1) is 0 Å². The van der Waals surface area contributed by atoms with Crippen LogP contribution < -0.4 is 16.2 Å². The zero-order chi connectivity index (χ0) is 22.5. The molecule has 166 valence electrons. The second-order valence-electron chi connectivity index (χ2n) is 8.02. The predicted molar refractivity (Wildman–Crippen MR) is 117 cm³/mol. The highest BCUT2D eigenvalue weighted by Gasteiger charge is 2.23. The van der Waals surface area contributed by atoms with Crippen molar-refractivity contribution in [3.05, 3.63) is 88.1 Å². The number of H-pyrrole nitrogens is 1. The third-order valence-corrected chi connectivity index (χ3v) is 5.78. The molecule has 1 saturated carbocycles. The summed E-state index contributed by atoms with van der Waals surface area (Å²) in [5.41, 5.74) is 1.35. The summed E-state index contributed by atoms with van der Waals surface area (Å²) in [5.74, 6) is -2.42. The van der Waals surface area contributed by atoms with Crippen molar-refractivity contribution in [2.75, 3.05) is 0 Å². The first-order valence-corrected chi connectivity index (χ1v) is 10.6. The molecule has 1 fully saturated rings. The molecule has 1 aromatic carbocycles. The highest BCUT2D eigenvalue weighted by atomic mass is 19.2. The minimum atomic E-state index is -0.992. The lowest BCUT2D eigenvalue weighted by Crippen LogP contribution is -2.43. The van der Waals surface area contributed by atoms with E-state index in [-0.39, 0.29) is 11.6 Å². The number of rotatable bonds is 6. The van der Waals surface area contributed by atoms with E-state index in [0.717, 1.165) is 49.9 Å². The van der Waals surface area contributed by atoms with E-state index >= 15 is 0 Å². The van der Waals surface area contributed by atoms with Crippen molar-refractivity contribution in [3.63, 3.8) is 0 Å². The number of amides is 1. The number of nitrogens with one attached hydrogen (secondary N) is 3. The molecule has 2 aromatic heterocycles. The smallest absolute Gasteiger partial charge is 0.260 e. The fourth-order valence-electron chi connectivity index (χ4n) is 3.96. The zero-order valence-corrected chi connectivity index (χ0v) is 17.4. The number of aromatic nitrogens is 2. The maximum atomic E-state index is 13.6. The van der Waals surface area contributed by atoms with E-state index in [9.17, 15) is 18.4 Å². The van der Waals surface area contributed by atoms with Crippen molar-refractivity contribution in [2.45, 2.75) is 44.3 Å². The highest BCUT2D eigenvalue weighted by Crippen LogP contribution is 2.22. The van der Waals surface area contributed by atoms with Crippen LogP contribution >= 0.6 is 0 Å². The molecule has 0 aliphatic heterocycles. The Hall–Kier alpha value is -3.39. The van der Waals surface area contributed by atoms with Gasteiger partial charge in [0.15, 0.2) is 11.6 Å². The number of hydrogen-bond acceptors (Lipinski definition) is 4. The lowest BCUT2D eigenvalue weighted by Gasteiger charge is -2.29. The number of pyridine rings is 2. The van der Waals surface area contributed by atoms with E-state index in [1.807, 2.05) is 18.3 Å². The minimum Gasteiger partial charge on any atom is -0.349 e. The van der Waals surface area contributed by atoms with E-state index in [0.29, 0.717) is 17.2 Å². The largest absolute Gasteiger partial charge is 0.349 e. The van der Waals surface area contributed by atoms with Crippen molar-refractivity contribution >= 4 is 5.91 Å². The summed E-state index contributed by atoms with van der Waals surface area (Å²) in [4.78, 5) is 31.6. The Morgan fingerprint density at radius 3 is 2.53 bits per heavy atom. The van der Waals surface area contributed by atoms with E-state index in [1.165, 1.54) is 18.3 Å². The average molecular weight is 438 g/mol. The Labute approximate surface area is 184 Å². The number of benzene rings is 1. The first-order chi connectivity index (χ1) is 15.5. The van der Waals surface area contributed by atoms with Gasteiger partial charge in [-0.25, -0.2) is 8.78 Å². The average Bonchev–Trinajstić information content (AvgIpc) is 2.81. The number of halogens is 2. The topological polar surface area (TPSA) is 86.9 Å². The third-order valence-electron chi connectivity index (χ3n) is 5.78. The molecule has 0 saturated heterocycles. The second-order valence-corrected chi connectivity index (χ2v) is 8.02.